The Hall–Kier alpha value is -3.86. The van der Waals surface area contributed by atoms with Gasteiger partial charge in [0.15, 0.2) is 0 Å². The minimum absolute atomic E-state index is 0.0149. The molecule has 0 aliphatic rings. The largest absolute Gasteiger partial charge is 0.490 e. The van der Waals surface area contributed by atoms with Crippen LogP contribution in [0, 0.1) is 0 Å². The van der Waals surface area contributed by atoms with Crippen LogP contribution in [0.4, 0.5) is 0 Å². The molecule has 176 valence electrons. The van der Waals surface area contributed by atoms with Gasteiger partial charge in [0, 0.05) is 13.6 Å². The Morgan fingerprint density at radius 3 is 2.18 bits per heavy atom. The summed E-state index contributed by atoms with van der Waals surface area (Å²) in [6, 6.07) is 25.6. The Bertz CT molecular complexity index is 1090. The van der Waals surface area contributed by atoms with Crippen molar-refractivity contribution in [3.63, 3.8) is 0 Å². The SMILES string of the molecule is COC(=O)Cc1cc(CC(=O)N(C)CCc2ccccc2)cc(OCC=Cc2ccccc2)c1. The van der Waals surface area contributed by atoms with E-state index in [9.17, 15) is 9.59 Å². The van der Waals surface area contributed by atoms with Gasteiger partial charge in [-0.1, -0.05) is 72.8 Å². The number of ether oxygens (including phenoxy) is 2. The highest BCUT2D eigenvalue weighted by atomic mass is 16.5. The van der Waals surface area contributed by atoms with Gasteiger partial charge in [0.25, 0.3) is 0 Å². The van der Waals surface area contributed by atoms with Crippen LogP contribution >= 0.6 is 0 Å². The summed E-state index contributed by atoms with van der Waals surface area (Å²) in [5.41, 5.74) is 3.85. The van der Waals surface area contributed by atoms with E-state index in [4.69, 9.17) is 9.47 Å². The monoisotopic (exact) mass is 457 g/mol. The molecule has 0 saturated heterocycles. The maximum Gasteiger partial charge on any atom is 0.309 e. The van der Waals surface area contributed by atoms with Crippen molar-refractivity contribution in [2.45, 2.75) is 19.3 Å². The van der Waals surface area contributed by atoms with Crippen LogP contribution in [0.15, 0.2) is 84.9 Å². The van der Waals surface area contributed by atoms with Gasteiger partial charge in [-0.3, -0.25) is 9.59 Å². The van der Waals surface area contributed by atoms with Gasteiger partial charge in [-0.25, -0.2) is 0 Å². The standard InChI is InChI=1S/C29H31NO4/c1-30(16-15-24-12-7-4-8-13-24)28(31)21-25-18-26(22-29(32)33-2)20-27(19-25)34-17-9-14-23-10-5-3-6-11-23/h3-14,18-20H,15-17,21-22H2,1-2H3. The van der Waals surface area contributed by atoms with Crippen molar-refractivity contribution in [1.29, 1.82) is 0 Å². The molecular weight excluding hydrogens is 426 g/mol. The molecule has 3 aromatic rings. The number of likely N-dealkylation sites (N-methyl/N-ethyl adjacent to an activating group) is 1. The molecule has 0 atom stereocenters. The molecule has 5 heteroatoms. The van der Waals surface area contributed by atoms with Gasteiger partial charge in [0.1, 0.15) is 12.4 Å². The summed E-state index contributed by atoms with van der Waals surface area (Å²) in [4.78, 5) is 26.4. The third kappa shape index (κ3) is 8.24. The zero-order valence-electron chi connectivity index (χ0n) is 19.8. The van der Waals surface area contributed by atoms with E-state index < -0.39 is 0 Å². The fourth-order valence-corrected chi connectivity index (χ4v) is 3.52. The van der Waals surface area contributed by atoms with Crippen molar-refractivity contribution in [1.82, 2.24) is 4.90 Å². The van der Waals surface area contributed by atoms with Crippen molar-refractivity contribution in [2.24, 2.45) is 0 Å². The highest BCUT2D eigenvalue weighted by Crippen LogP contribution is 2.20. The lowest BCUT2D eigenvalue weighted by molar-refractivity contribution is -0.139. The Labute approximate surface area is 201 Å². The number of rotatable bonds is 11. The van der Waals surface area contributed by atoms with E-state index in [1.54, 1.807) is 4.90 Å². The molecule has 0 aliphatic carbocycles. The minimum atomic E-state index is -0.335. The lowest BCUT2D eigenvalue weighted by Gasteiger charge is -2.18. The second-order valence-electron chi connectivity index (χ2n) is 8.09. The first-order valence-electron chi connectivity index (χ1n) is 11.4. The summed E-state index contributed by atoms with van der Waals surface area (Å²) in [5, 5.41) is 0. The van der Waals surface area contributed by atoms with Crippen molar-refractivity contribution in [3.8, 4) is 5.75 Å². The molecule has 0 saturated carbocycles. The molecule has 0 N–H and O–H groups in total. The Morgan fingerprint density at radius 1 is 0.853 bits per heavy atom. The summed E-state index contributed by atoms with van der Waals surface area (Å²) in [5.74, 6) is 0.299. The van der Waals surface area contributed by atoms with Gasteiger partial charge in [0.2, 0.25) is 5.91 Å². The number of amides is 1. The number of benzene rings is 3. The second kappa shape index (κ2) is 13.0. The van der Waals surface area contributed by atoms with Crippen molar-refractivity contribution < 1.29 is 19.1 Å². The maximum absolute atomic E-state index is 12.8. The molecular formula is C29H31NO4. The first kappa shape index (κ1) is 24.8. The number of esters is 1. The van der Waals surface area contributed by atoms with Gasteiger partial charge < -0.3 is 14.4 Å². The Kier molecular flexibility index (Phi) is 9.47. The zero-order chi connectivity index (χ0) is 24.2. The molecule has 3 rings (SSSR count). The molecule has 1 amide bonds. The van der Waals surface area contributed by atoms with Crippen molar-refractivity contribution >= 4 is 18.0 Å². The average molecular weight is 458 g/mol. The third-order valence-electron chi connectivity index (χ3n) is 5.42. The molecule has 34 heavy (non-hydrogen) atoms. The smallest absolute Gasteiger partial charge is 0.309 e. The van der Waals surface area contributed by atoms with Crippen LogP contribution in [-0.4, -0.2) is 44.1 Å². The van der Waals surface area contributed by atoms with E-state index in [0.29, 0.717) is 18.9 Å². The van der Waals surface area contributed by atoms with E-state index in [1.807, 2.05) is 85.9 Å². The number of hydrogen-bond donors (Lipinski definition) is 0. The summed E-state index contributed by atoms with van der Waals surface area (Å²) in [7, 11) is 3.18. The predicted molar refractivity (Wildman–Crippen MR) is 135 cm³/mol. The summed E-state index contributed by atoms with van der Waals surface area (Å²) in [6.45, 7) is 1.01. The molecule has 0 spiro atoms. The van der Waals surface area contributed by atoms with Crippen molar-refractivity contribution in [2.75, 3.05) is 27.3 Å². The highest BCUT2D eigenvalue weighted by molar-refractivity contribution is 5.79. The normalized spacial score (nSPS) is 10.8. The number of hydrogen-bond acceptors (Lipinski definition) is 4. The second-order valence-corrected chi connectivity index (χ2v) is 8.09. The minimum Gasteiger partial charge on any atom is -0.490 e. The zero-order valence-corrected chi connectivity index (χ0v) is 19.8. The third-order valence-corrected chi connectivity index (χ3v) is 5.42. The first-order chi connectivity index (χ1) is 16.5. The molecule has 0 radical (unpaired) electrons. The molecule has 0 heterocycles. The quantitative estimate of drug-likeness (QED) is 0.391. The Balaban J connectivity index is 1.64. The van der Waals surface area contributed by atoms with Crippen LogP contribution in [0.3, 0.4) is 0 Å². The number of nitrogens with zero attached hydrogens (tertiary/aromatic N) is 1. The van der Waals surface area contributed by atoms with E-state index in [2.05, 4.69) is 12.1 Å². The van der Waals surface area contributed by atoms with E-state index in [0.717, 1.165) is 23.1 Å². The van der Waals surface area contributed by atoms with Crippen LogP contribution < -0.4 is 4.74 Å². The molecule has 0 aromatic heterocycles. The van der Waals surface area contributed by atoms with Gasteiger partial charge >= 0.3 is 5.97 Å². The predicted octanol–water partition coefficient (Wildman–Crippen LogP) is 4.74. The topological polar surface area (TPSA) is 55.8 Å². The maximum atomic E-state index is 12.8. The van der Waals surface area contributed by atoms with Crippen LogP contribution in [0.1, 0.15) is 22.3 Å². The fraction of sp³-hybridized carbons (Fsp3) is 0.241. The van der Waals surface area contributed by atoms with Gasteiger partial charge in [-0.05, 0) is 46.9 Å². The molecule has 0 bridgehead atoms. The number of carbonyl (C=O) groups is 2. The average Bonchev–Trinajstić information content (AvgIpc) is 2.86. The van der Waals surface area contributed by atoms with Gasteiger partial charge in [0.05, 0.1) is 20.0 Å². The molecule has 0 fully saturated rings. The summed E-state index contributed by atoms with van der Waals surface area (Å²) < 4.78 is 10.7. The molecule has 3 aromatic carbocycles. The molecule has 5 nitrogen and oxygen atoms in total. The van der Waals surface area contributed by atoms with Crippen LogP contribution in [-0.2, 0) is 33.6 Å². The van der Waals surface area contributed by atoms with Crippen LogP contribution in [0.2, 0.25) is 0 Å². The van der Waals surface area contributed by atoms with Crippen LogP contribution in [0.5, 0.6) is 5.75 Å². The van der Waals surface area contributed by atoms with E-state index in [1.165, 1.54) is 12.7 Å². The summed E-state index contributed by atoms with van der Waals surface area (Å²) in [6.07, 6.45) is 5.08. The van der Waals surface area contributed by atoms with E-state index in [-0.39, 0.29) is 24.7 Å². The number of methoxy groups -OCH3 is 1. The lowest BCUT2D eigenvalue weighted by atomic mass is 10.0. The van der Waals surface area contributed by atoms with Gasteiger partial charge in [-0.2, -0.15) is 0 Å². The first-order valence-corrected chi connectivity index (χ1v) is 11.4. The Morgan fingerprint density at radius 2 is 1.50 bits per heavy atom. The highest BCUT2D eigenvalue weighted by Gasteiger charge is 2.13. The summed E-state index contributed by atoms with van der Waals surface area (Å²) >= 11 is 0. The van der Waals surface area contributed by atoms with E-state index >= 15 is 0 Å². The lowest BCUT2D eigenvalue weighted by Crippen LogP contribution is -2.30. The van der Waals surface area contributed by atoms with Crippen molar-refractivity contribution in [3.05, 3.63) is 107 Å². The van der Waals surface area contributed by atoms with Crippen LogP contribution in [0.25, 0.3) is 6.08 Å². The molecule has 0 unspecified atom stereocenters. The van der Waals surface area contributed by atoms with Gasteiger partial charge in [-0.15, -0.1) is 0 Å². The molecule has 0 aliphatic heterocycles. The fourth-order valence-electron chi connectivity index (χ4n) is 3.52. The number of carbonyl (C=O) groups excluding carboxylic acids is 2.